The van der Waals surface area contributed by atoms with Gasteiger partial charge in [-0.25, -0.2) is 9.79 Å². The van der Waals surface area contributed by atoms with Gasteiger partial charge < -0.3 is 14.2 Å². The molecule has 0 radical (unpaired) electrons. The fourth-order valence-corrected chi connectivity index (χ4v) is 2.83. The number of halogens is 2. The van der Waals surface area contributed by atoms with Gasteiger partial charge in [0.05, 0.1) is 23.3 Å². The average Bonchev–Trinajstić information content (AvgIpc) is 3.04. The van der Waals surface area contributed by atoms with Crippen LogP contribution >= 0.6 is 23.2 Å². The summed E-state index contributed by atoms with van der Waals surface area (Å²) < 4.78 is 16.6. The Kier molecular flexibility index (Phi) is 6.60. The van der Waals surface area contributed by atoms with Crippen LogP contribution in [0.1, 0.15) is 31.4 Å². The highest BCUT2D eigenvalue weighted by atomic mass is 35.5. The van der Waals surface area contributed by atoms with E-state index in [2.05, 4.69) is 4.99 Å². The number of benzene rings is 2. The van der Waals surface area contributed by atoms with Crippen molar-refractivity contribution in [1.29, 1.82) is 0 Å². The van der Waals surface area contributed by atoms with Crippen LogP contribution in [0.4, 0.5) is 0 Å². The second-order valence-electron chi connectivity index (χ2n) is 5.95. The molecule has 0 unspecified atom stereocenters. The van der Waals surface area contributed by atoms with Gasteiger partial charge in [0.15, 0.2) is 17.2 Å². The lowest BCUT2D eigenvalue weighted by atomic mass is 10.1. The minimum Gasteiger partial charge on any atom is -0.490 e. The van der Waals surface area contributed by atoms with Gasteiger partial charge in [0, 0.05) is 5.56 Å². The van der Waals surface area contributed by atoms with Crippen LogP contribution < -0.4 is 9.47 Å². The molecule has 2 aromatic carbocycles. The zero-order valence-electron chi connectivity index (χ0n) is 15.5. The predicted octanol–water partition coefficient (Wildman–Crippen LogP) is 5.53. The van der Waals surface area contributed by atoms with Crippen molar-refractivity contribution in [3.05, 3.63) is 63.3 Å². The molecule has 3 rings (SSSR count). The van der Waals surface area contributed by atoms with Crippen LogP contribution in [-0.2, 0) is 9.53 Å². The molecule has 2 aromatic rings. The van der Waals surface area contributed by atoms with Crippen LogP contribution in [0, 0.1) is 0 Å². The summed E-state index contributed by atoms with van der Waals surface area (Å²) in [5, 5.41) is 0.777. The molecule has 0 fully saturated rings. The van der Waals surface area contributed by atoms with Crippen LogP contribution in [0.15, 0.2) is 47.1 Å². The number of rotatable bonds is 7. The summed E-state index contributed by atoms with van der Waals surface area (Å²) in [6.07, 6.45) is 2.54. The van der Waals surface area contributed by atoms with Crippen molar-refractivity contribution in [2.75, 3.05) is 13.2 Å². The molecule has 0 atom stereocenters. The molecule has 0 spiro atoms. The average molecular weight is 420 g/mol. The summed E-state index contributed by atoms with van der Waals surface area (Å²) in [6, 6.07) is 10.4. The van der Waals surface area contributed by atoms with Crippen molar-refractivity contribution in [2.24, 2.45) is 4.99 Å². The number of esters is 1. The number of hydrogen-bond acceptors (Lipinski definition) is 5. The van der Waals surface area contributed by atoms with E-state index in [0.29, 0.717) is 40.3 Å². The third-order valence-corrected chi connectivity index (χ3v) is 4.56. The number of carbonyl (C=O) groups excluding carboxylic acids is 1. The second kappa shape index (κ2) is 9.13. The quantitative estimate of drug-likeness (QED) is 0.437. The van der Waals surface area contributed by atoms with Crippen LogP contribution in [0.5, 0.6) is 11.5 Å². The smallest absolute Gasteiger partial charge is 0.363 e. The van der Waals surface area contributed by atoms with E-state index in [1.54, 1.807) is 30.3 Å². The lowest BCUT2D eigenvalue weighted by Gasteiger charge is -2.12. The Morgan fingerprint density at radius 3 is 2.57 bits per heavy atom. The molecule has 1 aliphatic heterocycles. The topological polar surface area (TPSA) is 57.1 Å². The first-order valence-corrected chi connectivity index (χ1v) is 9.65. The highest BCUT2D eigenvalue weighted by molar-refractivity contribution is 6.42. The van der Waals surface area contributed by atoms with Gasteiger partial charge in [-0.3, -0.25) is 0 Å². The van der Waals surface area contributed by atoms with Gasteiger partial charge in [0.25, 0.3) is 0 Å². The molecule has 0 saturated carbocycles. The third-order valence-electron chi connectivity index (χ3n) is 3.82. The van der Waals surface area contributed by atoms with Gasteiger partial charge in [-0.05, 0) is 55.3 Å². The summed E-state index contributed by atoms with van der Waals surface area (Å²) in [5.41, 5.74) is 1.51. The van der Waals surface area contributed by atoms with Gasteiger partial charge in [-0.15, -0.1) is 0 Å². The monoisotopic (exact) mass is 419 g/mol. The molecule has 0 aliphatic carbocycles. The fraction of sp³-hybridized carbons (Fsp3) is 0.238. The molecular formula is C21H19Cl2NO4. The molecule has 146 valence electrons. The zero-order chi connectivity index (χ0) is 20.1. The minimum absolute atomic E-state index is 0.183. The van der Waals surface area contributed by atoms with E-state index < -0.39 is 5.97 Å². The number of aliphatic imine (C=N–C) groups is 1. The number of hydrogen-bond donors (Lipinski definition) is 0. The van der Waals surface area contributed by atoms with Gasteiger partial charge in [0.1, 0.15) is 0 Å². The van der Waals surface area contributed by atoms with Crippen LogP contribution in [0.3, 0.4) is 0 Å². The maximum absolute atomic E-state index is 12.2. The molecule has 0 bridgehead atoms. The number of nitrogens with zero attached hydrogens (tertiary/aromatic N) is 1. The first-order chi connectivity index (χ1) is 13.5. The van der Waals surface area contributed by atoms with E-state index in [1.807, 2.05) is 26.0 Å². The Morgan fingerprint density at radius 1 is 1.04 bits per heavy atom. The van der Waals surface area contributed by atoms with Gasteiger partial charge >= 0.3 is 5.97 Å². The minimum atomic E-state index is -0.537. The molecule has 0 aromatic heterocycles. The highest BCUT2D eigenvalue weighted by Gasteiger charge is 2.24. The van der Waals surface area contributed by atoms with Crippen molar-refractivity contribution in [1.82, 2.24) is 0 Å². The summed E-state index contributed by atoms with van der Waals surface area (Å²) in [6.45, 7) is 5.04. The standard InChI is InChI=1S/C21H19Cl2NO4/c1-3-9-27-18-8-5-13(11-19(18)26-4-2)10-17-21(25)28-20(24-17)14-6-7-15(22)16(23)12-14/h5-8,10-12H,3-4,9H2,1-2H3/b17-10-. The Labute approximate surface area is 173 Å². The Hall–Kier alpha value is -2.50. The van der Waals surface area contributed by atoms with E-state index in [0.717, 1.165) is 12.0 Å². The number of cyclic esters (lactones) is 1. The van der Waals surface area contributed by atoms with E-state index >= 15 is 0 Å². The Balaban J connectivity index is 1.89. The molecule has 0 N–H and O–H groups in total. The van der Waals surface area contributed by atoms with Crippen LogP contribution in [0.2, 0.25) is 10.0 Å². The van der Waals surface area contributed by atoms with Gasteiger partial charge in [-0.1, -0.05) is 36.2 Å². The lowest BCUT2D eigenvalue weighted by molar-refractivity contribution is -0.129. The largest absolute Gasteiger partial charge is 0.490 e. The molecule has 28 heavy (non-hydrogen) atoms. The molecule has 7 heteroatoms. The van der Waals surface area contributed by atoms with Crippen molar-refractivity contribution >= 4 is 41.1 Å². The summed E-state index contributed by atoms with van der Waals surface area (Å²) in [7, 11) is 0. The maximum atomic E-state index is 12.2. The summed E-state index contributed by atoms with van der Waals surface area (Å²) in [5.74, 6) is 0.929. The van der Waals surface area contributed by atoms with Crippen LogP contribution in [-0.4, -0.2) is 25.1 Å². The number of carbonyl (C=O) groups is 1. The Bertz CT molecular complexity index is 953. The van der Waals surface area contributed by atoms with Crippen molar-refractivity contribution < 1.29 is 19.0 Å². The predicted molar refractivity (Wildman–Crippen MR) is 110 cm³/mol. The van der Waals surface area contributed by atoms with E-state index in [9.17, 15) is 4.79 Å². The highest BCUT2D eigenvalue weighted by Crippen LogP contribution is 2.31. The molecule has 0 saturated heterocycles. The SMILES string of the molecule is CCCOc1ccc(/C=C2\N=C(c3ccc(Cl)c(Cl)c3)OC2=O)cc1OCC. The zero-order valence-corrected chi connectivity index (χ0v) is 17.0. The van der Waals surface area contributed by atoms with E-state index in [4.69, 9.17) is 37.4 Å². The molecule has 1 aliphatic rings. The summed E-state index contributed by atoms with van der Waals surface area (Å²) >= 11 is 11.9. The summed E-state index contributed by atoms with van der Waals surface area (Å²) in [4.78, 5) is 16.5. The fourth-order valence-electron chi connectivity index (χ4n) is 2.53. The third kappa shape index (κ3) is 4.66. The first kappa shape index (κ1) is 20.2. The lowest BCUT2D eigenvalue weighted by Crippen LogP contribution is -2.05. The number of ether oxygens (including phenoxy) is 3. The van der Waals surface area contributed by atoms with Crippen molar-refractivity contribution in [3.8, 4) is 11.5 Å². The maximum Gasteiger partial charge on any atom is 0.363 e. The van der Waals surface area contributed by atoms with Gasteiger partial charge in [-0.2, -0.15) is 0 Å². The first-order valence-electron chi connectivity index (χ1n) is 8.89. The molecule has 0 amide bonds. The van der Waals surface area contributed by atoms with E-state index in [-0.39, 0.29) is 11.6 Å². The van der Waals surface area contributed by atoms with E-state index in [1.165, 1.54) is 0 Å². The van der Waals surface area contributed by atoms with Crippen molar-refractivity contribution in [3.63, 3.8) is 0 Å². The molecule has 5 nitrogen and oxygen atoms in total. The van der Waals surface area contributed by atoms with Crippen LogP contribution in [0.25, 0.3) is 6.08 Å². The molecular weight excluding hydrogens is 401 g/mol. The second-order valence-corrected chi connectivity index (χ2v) is 6.77. The van der Waals surface area contributed by atoms with Crippen molar-refractivity contribution in [2.45, 2.75) is 20.3 Å². The normalized spacial score (nSPS) is 14.8. The molecule has 1 heterocycles. The van der Waals surface area contributed by atoms with Gasteiger partial charge in [0.2, 0.25) is 5.90 Å². The Morgan fingerprint density at radius 2 is 1.86 bits per heavy atom.